The fourth-order valence-electron chi connectivity index (χ4n) is 3.33. The van der Waals surface area contributed by atoms with Crippen LogP contribution in [0.2, 0.25) is 0 Å². The molecule has 0 amide bonds. The Morgan fingerprint density at radius 2 is 2.00 bits per heavy atom. The first-order chi connectivity index (χ1) is 12.7. The number of fused-ring (bicyclic) bond motifs is 2. The minimum atomic E-state index is -0.0903. The molecule has 3 heterocycles. The minimum absolute atomic E-state index is 0.0903. The van der Waals surface area contributed by atoms with Gasteiger partial charge >= 0.3 is 0 Å². The Bertz CT molecular complexity index is 1210. The van der Waals surface area contributed by atoms with Crippen molar-refractivity contribution < 1.29 is 9.26 Å². The van der Waals surface area contributed by atoms with Gasteiger partial charge in [0.1, 0.15) is 11.4 Å². The van der Waals surface area contributed by atoms with E-state index in [1.165, 1.54) is 4.57 Å². The van der Waals surface area contributed by atoms with Crippen LogP contribution < -0.4 is 10.3 Å². The van der Waals surface area contributed by atoms with Crippen LogP contribution in [0, 0.1) is 0 Å². The fraction of sp³-hybridized carbons (Fsp3) is 0.150. The summed E-state index contributed by atoms with van der Waals surface area (Å²) in [6.07, 6.45) is 0.882. The average molecular weight is 345 g/mol. The van der Waals surface area contributed by atoms with Crippen LogP contribution in [0.4, 0.5) is 0 Å². The third kappa shape index (κ3) is 2.23. The van der Waals surface area contributed by atoms with E-state index in [9.17, 15) is 4.79 Å². The van der Waals surface area contributed by atoms with Gasteiger partial charge in [0.05, 0.1) is 6.61 Å². The number of hydrogen-bond acceptors (Lipinski definition) is 5. The second-order valence-corrected chi connectivity index (χ2v) is 6.33. The molecule has 0 saturated heterocycles. The molecule has 6 heteroatoms. The van der Waals surface area contributed by atoms with Gasteiger partial charge in [0.25, 0.3) is 11.4 Å². The molecule has 6 nitrogen and oxygen atoms in total. The van der Waals surface area contributed by atoms with Crippen LogP contribution >= 0.6 is 0 Å². The summed E-state index contributed by atoms with van der Waals surface area (Å²) in [5.74, 6) is 1.73. The van der Waals surface area contributed by atoms with Gasteiger partial charge in [0, 0.05) is 24.4 Å². The normalized spacial score (nSPS) is 13.0. The highest BCUT2D eigenvalue weighted by Crippen LogP contribution is 2.30. The summed E-state index contributed by atoms with van der Waals surface area (Å²) in [6.45, 7) is 0.704. The molecule has 0 unspecified atom stereocenters. The largest absolute Gasteiger partial charge is 0.493 e. The molecule has 1 aliphatic rings. The van der Waals surface area contributed by atoms with Crippen LogP contribution in [0.25, 0.3) is 33.7 Å². The molecule has 2 aromatic carbocycles. The van der Waals surface area contributed by atoms with Gasteiger partial charge in [-0.05, 0) is 41.3 Å². The summed E-state index contributed by atoms with van der Waals surface area (Å²) in [4.78, 5) is 17.1. The van der Waals surface area contributed by atoms with Gasteiger partial charge in [-0.15, -0.1) is 0 Å². The molecule has 128 valence electrons. The summed E-state index contributed by atoms with van der Waals surface area (Å²) in [5, 5.41) is 5.61. The molecule has 0 N–H and O–H groups in total. The highest BCUT2D eigenvalue weighted by Gasteiger charge is 2.18. The molecule has 0 fully saturated rings. The van der Waals surface area contributed by atoms with Crippen molar-refractivity contribution in [2.24, 2.45) is 7.05 Å². The highest BCUT2D eigenvalue weighted by atomic mass is 16.5. The van der Waals surface area contributed by atoms with E-state index in [2.05, 4.69) is 10.1 Å². The SMILES string of the molecule is Cn1c(-c2nc(-c3ccc4c(c3)CCO4)no2)cc2ccccc2c1=O. The lowest BCUT2D eigenvalue weighted by atomic mass is 10.1. The quantitative estimate of drug-likeness (QED) is 0.558. The lowest BCUT2D eigenvalue weighted by Gasteiger charge is -2.06. The maximum absolute atomic E-state index is 12.6. The Kier molecular flexibility index (Phi) is 3.18. The van der Waals surface area contributed by atoms with Crippen LogP contribution in [-0.2, 0) is 13.5 Å². The van der Waals surface area contributed by atoms with Gasteiger partial charge in [-0.3, -0.25) is 4.79 Å². The smallest absolute Gasteiger partial charge is 0.274 e. The summed E-state index contributed by atoms with van der Waals surface area (Å²) in [5.41, 5.74) is 2.52. The number of rotatable bonds is 2. The molecule has 2 aromatic heterocycles. The van der Waals surface area contributed by atoms with Crippen LogP contribution in [0.3, 0.4) is 0 Å². The topological polar surface area (TPSA) is 70.2 Å². The number of nitrogens with zero attached hydrogens (tertiary/aromatic N) is 3. The van der Waals surface area contributed by atoms with E-state index in [0.717, 1.165) is 28.7 Å². The number of hydrogen-bond donors (Lipinski definition) is 0. The van der Waals surface area contributed by atoms with Gasteiger partial charge in [-0.1, -0.05) is 23.4 Å². The number of aromatic nitrogens is 3. The predicted molar refractivity (Wildman–Crippen MR) is 97.1 cm³/mol. The van der Waals surface area contributed by atoms with Crippen molar-refractivity contribution in [1.29, 1.82) is 0 Å². The van der Waals surface area contributed by atoms with Crippen LogP contribution in [0.5, 0.6) is 5.75 Å². The van der Waals surface area contributed by atoms with Crippen molar-refractivity contribution in [2.45, 2.75) is 6.42 Å². The number of benzene rings is 2. The van der Waals surface area contributed by atoms with Crippen molar-refractivity contribution in [1.82, 2.24) is 14.7 Å². The van der Waals surface area contributed by atoms with Crippen molar-refractivity contribution in [3.05, 3.63) is 64.4 Å². The average Bonchev–Trinajstić information content (AvgIpc) is 3.33. The minimum Gasteiger partial charge on any atom is -0.493 e. The summed E-state index contributed by atoms with van der Waals surface area (Å²) in [6, 6.07) is 15.2. The number of pyridine rings is 1. The monoisotopic (exact) mass is 345 g/mol. The van der Waals surface area contributed by atoms with E-state index < -0.39 is 0 Å². The molecule has 0 spiro atoms. The van der Waals surface area contributed by atoms with Gasteiger partial charge in [0.15, 0.2) is 0 Å². The van der Waals surface area contributed by atoms with Gasteiger partial charge in [-0.25, -0.2) is 0 Å². The second kappa shape index (κ2) is 5.56. The molecule has 0 atom stereocenters. The van der Waals surface area contributed by atoms with Crippen molar-refractivity contribution in [2.75, 3.05) is 6.61 Å². The predicted octanol–water partition coefficient (Wildman–Crippen LogP) is 3.19. The van der Waals surface area contributed by atoms with Gasteiger partial charge in [-0.2, -0.15) is 4.98 Å². The highest BCUT2D eigenvalue weighted by molar-refractivity contribution is 5.84. The third-order valence-electron chi connectivity index (χ3n) is 4.74. The van der Waals surface area contributed by atoms with Crippen LogP contribution in [0.15, 0.2) is 57.8 Å². The Hall–Kier alpha value is -3.41. The van der Waals surface area contributed by atoms with E-state index in [1.807, 2.05) is 48.5 Å². The van der Waals surface area contributed by atoms with Crippen LogP contribution in [0.1, 0.15) is 5.56 Å². The first kappa shape index (κ1) is 14.9. The van der Waals surface area contributed by atoms with E-state index in [-0.39, 0.29) is 5.56 Å². The standard InChI is InChI=1S/C20H15N3O3/c1-23-16(11-12-4-2-3-5-15(12)20(23)24)19-21-18(22-26-19)14-6-7-17-13(10-14)8-9-25-17/h2-7,10-11H,8-9H2,1H3. The third-order valence-corrected chi connectivity index (χ3v) is 4.74. The maximum Gasteiger partial charge on any atom is 0.274 e. The Balaban J connectivity index is 1.62. The van der Waals surface area contributed by atoms with Crippen LogP contribution in [-0.4, -0.2) is 21.3 Å². The lowest BCUT2D eigenvalue weighted by Crippen LogP contribution is -2.18. The Morgan fingerprint density at radius 1 is 1.12 bits per heavy atom. The zero-order chi connectivity index (χ0) is 17.7. The van der Waals surface area contributed by atoms with E-state index >= 15 is 0 Å². The summed E-state index contributed by atoms with van der Waals surface area (Å²) in [7, 11) is 1.71. The fourth-order valence-corrected chi connectivity index (χ4v) is 3.33. The molecule has 4 aromatic rings. The van der Waals surface area contributed by atoms with Gasteiger partial charge < -0.3 is 13.8 Å². The molecule has 5 rings (SSSR count). The Labute approximate surface area is 148 Å². The molecular weight excluding hydrogens is 330 g/mol. The molecule has 0 aliphatic carbocycles. The number of ether oxygens (including phenoxy) is 1. The van der Waals surface area contributed by atoms with E-state index in [4.69, 9.17) is 9.26 Å². The van der Waals surface area contributed by atoms with Crippen molar-refractivity contribution in [3.63, 3.8) is 0 Å². The zero-order valence-electron chi connectivity index (χ0n) is 14.1. The van der Waals surface area contributed by atoms with Crippen molar-refractivity contribution in [3.8, 4) is 28.7 Å². The molecule has 0 radical (unpaired) electrons. The molecule has 1 aliphatic heterocycles. The lowest BCUT2D eigenvalue weighted by molar-refractivity contribution is 0.357. The molecule has 0 bridgehead atoms. The molecule has 0 saturated carbocycles. The molecule has 26 heavy (non-hydrogen) atoms. The van der Waals surface area contributed by atoms with E-state index in [0.29, 0.717) is 29.4 Å². The zero-order valence-corrected chi connectivity index (χ0v) is 14.1. The Morgan fingerprint density at radius 3 is 2.92 bits per heavy atom. The summed E-state index contributed by atoms with van der Waals surface area (Å²) < 4.78 is 12.5. The second-order valence-electron chi connectivity index (χ2n) is 6.33. The van der Waals surface area contributed by atoms with Crippen molar-refractivity contribution >= 4 is 10.8 Å². The molecular formula is C20H15N3O3. The first-order valence-corrected chi connectivity index (χ1v) is 8.40. The summed E-state index contributed by atoms with van der Waals surface area (Å²) >= 11 is 0. The first-order valence-electron chi connectivity index (χ1n) is 8.40. The van der Waals surface area contributed by atoms with Gasteiger partial charge in [0.2, 0.25) is 5.82 Å². The maximum atomic E-state index is 12.6. The van der Waals surface area contributed by atoms with E-state index in [1.54, 1.807) is 7.05 Å².